The predicted molar refractivity (Wildman–Crippen MR) is 142 cm³/mol. The maximum absolute atomic E-state index is 13.8. The van der Waals surface area contributed by atoms with Gasteiger partial charge >= 0.3 is 0 Å². The topological polar surface area (TPSA) is 130 Å². The van der Waals surface area contributed by atoms with Gasteiger partial charge in [-0.3, -0.25) is 9.52 Å². The second kappa shape index (κ2) is 13.6. The van der Waals surface area contributed by atoms with Crippen molar-refractivity contribution in [1.29, 1.82) is 0 Å². The highest BCUT2D eigenvalue weighted by molar-refractivity contribution is 7.92. The van der Waals surface area contributed by atoms with Gasteiger partial charge in [0.1, 0.15) is 23.1 Å². The Labute approximate surface area is 224 Å². The number of benzene rings is 2. The van der Waals surface area contributed by atoms with Gasteiger partial charge < -0.3 is 20.5 Å². The summed E-state index contributed by atoms with van der Waals surface area (Å²) < 4.78 is 59.1. The van der Waals surface area contributed by atoms with Crippen LogP contribution in [0, 0.1) is 11.6 Å². The lowest BCUT2D eigenvalue weighted by molar-refractivity contribution is 0.0826. The van der Waals surface area contributed by atoms with Crippen molar-refractivity contribution in [2.45, 2.75) is 38.5 Å². The summed E-state index contributed by atoms with van der Waals surface area (Å²) in [7, 11) is -2.02. The van der Waals surface area contributed by atoms with Crippen LogP contribution in [0.3, 0.4) is 0 Å². The molecule has 2 aromatic carbocycles. The molecule has 0 spiro atoms. The van der Waals surface area contributed by atoms with Crippen LogP contribution in [0.5, 0.6) is 5.75 Å². The molecule has 0 fully saturated rings. The van der Waals surface area contributed by atoms with Crippen molar-refractivity contribution >= 4 is 32.4 Å². The summed E-state index contributed by atoms with van der Waals surface area (Å²) in [6.07, 6.45) is -0.792. The van der Waals surface area contributed by atoms with Crippen LogP contribution in [-0.4, -0.2) is 56.0 Å². The lowest BCUT2D eigenvalue weighted by atomic mass is 10.0. The Balaban J connectivity index is 1.71. The van der Waals surface area contributed by atoms with Crippen molar-refractivity contribution in [2.24, 2.45) is 0 Å². The average molecular weight is 569 g/mol. The zero-order chi connectivity index (χ0) is 27.7. The molecule has 0 saturated heterocycles. The van der Waals surface area contributed by atoms with Crippen LogP contribution in [0.25, 0.3) is 0 Å². The smallest absolute Gasteiger partial charge is 0.271 e. The standard InChI is InChI=1S/C25H30F2N4O5S2/c1-3-7-38(34,35)31-25-30-22(15-37-25)24(33)29-21(11-17-8-18(26)12-19(27)9-17)23(32)14-28-13-16-5-4-6-20(10-16)36-2/h4-6,8-10,12,15,21,23,28,32H,3,7,11,13-14H2,1-2H3,(H,29,33)(H,30,31)/t21-,23-/m0/s1. The van der Waals surface area contributed by atoms with Crippen LogP contribution in [0.4, 0.5) is 13.9 Å². The number of anilines is 1. The number of sulfonamides is 1. The minimum Gasteiger partial charge on any atom is -0.497 e. The Bertz CT molecular complexity index is 1320. The van der Waals surface area contributed by atoms with Crippen molar-refractivity contribution in [3.8, 4) is 5.75 Å². The first-order chi connectivity index (χ1) is 18.1. The van der Waals surface area contributed by atoms with Crippen molar-refractivity contribution in [2.75, 3.05) is 24.1 Å². The Hall–Kier alpha value is -3.13. The Morgan fingerprint density at radius 3 is 2.58 bits per heavy atom. The fraction of sp³-hybridized carbons (Fsp3) is 0.360. The summed E-state index contributed by atoms with van der Waals surface area (Å²) in [6, 6.07) is 9.40. The molecule has 38 heavy (non-hydrogen) atoms. The minimum atomic E-state index is -3.58. The molecule has 0 bridgehead atoms. The van der Waals surface area contributed by atoms with E-state index in [0.717, 1.165) is 35.1 Å². The fourth-order valence-electron chi connectivity index (χ4n) is 3.68. The zero-order valence-electron chi connectivity index (χ0n) is 20.9. The number of thiazole rings is 1. The second-order valence-electron chi connectivity index (χ2n) is 8.57. The zero-order valence-corrected chi connectivity index (χ0v) is 22.5. The SMILES string of the molecule is CCCS(=O)(=O)Nc1nc(C(=O)N[C@@H](Cc2cc(F)cc(F)c2)[C@@H](O)CNCc2cccc(OC)c2)cs1. The van der Waals surface area contributed by atoms with Crippen LogP contribution < -0.4 is 20.1 Å². The molecule has 1 aromatic heterocycles. The van der Waals surface area contributed by atoms with Gasteiger partial charge in [-0.05, 0) is 48.2 Å². The van der Waals surface area contributed by atoms with E-state index in [2.05, 4.69) is 20.3 Å². The fourth-order valence-corrected chi connectivity index (χ4v) is 5.73. The highest BCUT2D eigenvalue weighted by Crippen LogP contribution is 2.18. The summed E-state index contributed by atoms with van der Waals surface area (Å²) >= 11 is 0.942. The van der Waals surface area contributed by atoms with Gasteiger partial charge in [0.05, 0.1) is 25.0 Å². The minimum absolute atomic E-state index is 0.0351. The molecular formula is C25H30F2N4O5S2. The number of carbonyl (C=O) groups excluding carboxylic acids is 1. The first-order valence-corrected chi connectivity index (χ1v) is 14.3. The maximum Gasteiger partial charge on any atom is 0.271 e. The Morgan fingerprint density at radius 2 is 1.89 bits per heavy atom. The van der Waals surface area contributed by atoms with Crippen LogP contribution >= 0.6 is 11.3 Å². The number of aromatic nitrogens is 1. The van der Waals surface area contributed by atoms with E-state index in [0.29, 0.717) is 18.7 Å². The number of hydrogen-bond acceptors (Lipinski definition) is 8. The molecule has 9 nitrogen and oxygen atoms in total. The maximum atomic E-state index is 13.8. The van der Waals surface area contributed by atoms with Crippen LogP contribution in [-0.2, 0) is 23.0 Å². The summed E-state index contributed by atoms with van der Waals surface area (Å²) in [5.41, 5.74) is 1.09. The molecule has 4 N–H and O–H groups in total. The molecule has 1 amide bonds. The number of nitrogens with zero attached hydrogens (tertiary/aromatic N) is 1. The van der Waals surface area contributed by atoms with Gasteiger partial charge in [-0.2, -0.15) is 0 Å². The molecule has 0 aliphatic rings. The summed E-state index contributed by atoms with van der Waals surface area (Å²) in [6.45, 7) is 2.18. The van der Waals surface area contributed by atoms with Gasteiger partial charge in [0.15, 0.2) is 5.13 Å². The van der Waals surface area contributed by atoms with Gasteiger partial charge in [0.25, 0.3) is 5.91 Å². The van der Waals surface area contributed by atoms with Crippen LogP contribution in [0.1, 0.15) is 35.0 Å². The van der Waals surface area contributed by atoms with Gasteiger partial charge in [0, 0.05) is 24.5 Å². The van der Waals surface area contributed by atoms with E-state index in [1.54, 1.807) is 20.1 Å². The largest absolute Gasteiger partial charge is 0.497 e. The van der Waals surface area contributed by atoms with Gasteiger partial charge in [-0.15, -0.1) is 11.3 Å². The number of aliphatic hydroxyl groups is 1. The first kappa shape index (κ1) is 29.4. The molecule has 3 rings (SSSR count). The Kier molecular flexibility index (Phi) is 10.5. The van der Waals surface area contributed by atoms with Crippen molar-refractivity contribution < 1.29 is 31.8 Å². The van der Waals surface area contributed by atoms with E-state index in [-0.39, 0.29) is 35.1 Å². The predicted octanol–water partition coefficient (Wildman–Crippen LogP) is 3.07. The molecule has 0 saturated carbocycles. The average Bonchev–Trinajstić information content (AvgIpc) is 3.30. The number of amides is 1. The van der Waals surface area contributed by atoms with Crippen molar-refractivity contribution in [3.05, 3.63) is 76.3 Å². The monoisotopic (exact) mass is 568 g/mol. The first-order valence-electron chi connectivity index (χ1n) is 11.8. The number of nitrogens with one attached hydrogen (secondary N) is 3. The molecule has 206 valence electrons. The molecule has 2 atom stereocenters. The van der Waals surface area contributed by atoms with E-state index in [9.17, 15) is 27.1 Å². The number of hydrogen-bond donors (Lipinski definition) is 4. The van der Waals surface area contributed by atoms with E-state index in [4.69, 9.17) is 4.74 Å². The molecule has 0 unspecified atom stereocenters. The van der Waals surface area contributed by atoms with Crippen molar-refractivity contribution in [3.63, 3.8) is 0 Å². The molecule has 0 aliphatic heterocycles. The van der Waals surface area contributed by atoms with Crippen LogP contribution in [0.15, 0.2) is 47.8 Å². The highest BCUT2D eigenvalue weighted by Gasteiger charge is 2.24. The molecule has 0 radical (unpaired) electrons. The number of methoxy groups -OCH3 is 1. The third-order valence-corrected chi connectivity index (χ3v) is 7.77. The number of carbonyl (C=O) groups is 1. The number of halogens is 2. The third kappa shape index (κ3) is 9.01. The molecule has 13 heteroatoms. The molecule has 1 heterocycles. The summed E-state index contributed by atoms with van der Waals surface area (Å²) in [4.78, 5) is 16.9. The van der Waals surface area contributed by atoms with Gasteiger partial charge in [0.2, 0.25) is 10.0 Å². The highest BCUT2D eigenvalue weighted by atomic mass is 32.2. The van der Waals surface area contributed by atoms with Gasteiger partial charge in [-0.1, -0.05) is 19.1 Å². The molecule has 3 aromatic rings. The number of rotatable bonds is 14. The Morgan fingerprint density at radius 1 is 1.16 bits per heavy atom. The summed E-state index contributed by atoms with van der Waals surface area (Å²) in [5, 5.41) is 18.1. The molecular weight excluding hydrogens is 538 g/mol. The lowest BCUT2D eigenvalue weighted by Crippen LogP contribution is -2.48. The number of aliphatic hydroxyl groups excluding tert-OH is 1. The van der Waals surface area contributed by atoms with Gasteiger partial charge in [-0.25, -0.2) is 22.2 Å². The third-order valence-electron chi connectivity index (χ3n) is 5.43. The normalized spacial score (nSPS) is 13.1. The van der Waals surface area contributed by atoms with Crippen LogP contribution in [0.2, 0.25) is 0 Å². The van der Waals surface area contributed by atoms with E-state index in [1.165, 1.54) is 5.38 Å². The van der Waals surface area contributed by atoms with Crippen molar-refractivity contribution in [1.82, 2.24) is 15.6 Å². The quantitative estimate of drug-likeness (QED) is 0.235. The second-order valence-corrected chi connectivity index (χ2v) is 11.3. The summed E-state index contributed by atoms with van der Waals surface area (Å²) in [5.74, 6) is -1.63. The number of ether oxygens (including phenoxy) is 1. The molecule has 0 aliphatic carbocycles. The van der Waals surface area contributed by atoms with E-state index in [1.807, 2.05) is 18.2 Å². The lowest BCUT2D eigenvalue weighted by Gasteiger charge is -2.24. The van der Waals surface area contributed by atoms with E-state index < -0.39 is 39.7 Å². The van der Waals surface area contributed by atoms with E-state index >= 15 is 0 Å².